The van der Waals surface area contributed by atoms with Crippen molar-refractivity contribution in [3.63, 3.8) is 0 Å². The predicted molar refractivity (Wildman–Crippen MR) is 83.9 cm³/mol. The van der Waals surface area contributed by atoms with Crippen molar-refractivity contribution in [1.82, 2.24) is 9.80 Å². The summed E-state index contributed by atoms with van der Waals surface area (Å²) in [5.74, 6) is -1.68. The van der Waals surface area contributed by atoms with Crippen LogP contribution in [0, 0.1) is 0 Å². The molecule has 7 nitrogen and oxygen atoms in total. The van der Waals surface area contributed by atoms with Gasteiger partial charge in [0, 0.05) is 25.2 Å². The molecule has 1 saturated heterocycles. The molecule has 7 heteroatoms. The van der Waals surface area contributed by atoms with Gasteiger partial charge in [-0.1, -0.05) is 0 Å². The number of rotatable bonds is 4. The maximum Gasteiger partial charge on any atom is 0.339 e. The van der Waals surface area contributed by atoms with E-state index >= 15 is 0 Å². The van der Waals surface area contributed by atoms with Gasteiger partial charge in [0.15, 0.2) is 5.76 Å². The van der Waals surface area contributed by atoms with Gasteiger partial charge in [-0.05, 0) is 27.7 Å². The van der Waals surface area contributed by atoms with E-state index in [1.807, 2.05) is 0 Å². The van der Waals surface area contributed by atoms with Crippen LogP contribution in [0.5, 0.6) is 0 Å². The van der Waals surface area contributed by atoms with E-state index < -0.39 is 17.6 Å². The molecule has 0 aromatic carbocycles. The summed E-state index contributed by atoms with van der Waals surface area (Å²) >= 11 is 0. The molecule has 2 rings (SSSR count). The van der Waals surface area contributed by atoms with E-state index in [2.05, 4.69) is 25.7 Å². The van der Waals surface area contributed by atoms with Crippen LogP contribution in [0.25, 0.3) is 0 Å². The van der Waals surface area contributed by atoms with Crippen LogP contribution in [0.15, 0.2) is 11.3 Å². The number of hydrogen-bond acceptors (Lipinski definition) is 6. The average molecular weight is 326 g/mol. The molecule has 0 radical (unpaired) electrons. The maximum absolute atomic E-state index is 12.1. The monoisotopic (exact) mass is 326 g/mol. The van der Waals surface area contributed by atoms with Crippen molar-refractivity contribution in [1.29, 1.82) is 0 Å². The zero-order valence-electron chi connectivity index (χ0n) is 14.3. The van der Waals surface area contributed by atoms with E-state index in [9.17, 15) is 14.7 Å². The van der Waals surface area contributed by atoms with Crippen molar-refractivity contribution in [2.75, 3.05) is 39.4 Å². The van der Waals surface area contributed by atoms with Gasteiger partial charge in [-0.2, -0.15) is 0 Å². The number of nitrogens with zero attached hydrogens (tertiary/aromatic N) is 2. The van der Waals surface area contributed by atoms with Crippen molar-refractivity contribution >= 4 is 11.9 Å². The highest BCUT2D eigenvalue weighted by Crippen LogP contribution is 2.22. The number of amides is 1. The molecule has 1 atom stereocenters. The molecule has 130 valence electrons. The molecule has 0 spiro atoms. The summed E-state index contributed by atoms with van der Waals surface area (Å²) in [6.07, 6.45) is -0.138. The maximum atomic E-state index is 12.1. The lowest BCUT2D eigenvalue weighted by Gasteiger charge is -2.42. The second kappa shape index (κ2) is 6.88. The Labute approximate surface area is 136 Å². The summed E-state index contributed by atoms with van der Waals surface area (Å²) in [6.45, 7) is 10.9. The molecule has 0 aromatic heterocycles. The highest BCUT2D eigenvalue weighted by atomic mass is 16.5. The fourth-order valence-electron chi connectivity index (χ4n) is 2.83. The number of carbonyl (C=O) groups excluding carboxylic acids is 2. The minimum Gasteiger partial charge on any atom is -0.503 e. The Balaban J connectivity index is 1.97. The Hall–Kier alpha value is -1.60. The zero-order chi connectivity index (χ0) is 17.2. The third-order valence-electron chi connectivity index (χ3n) is 4.16. The molecular formula is C16H26N2O5. The van der Waals surface area contributed by atoms with Gasteiger partial charge < -0.3 is 19.5 Å². The van der Waals surface area contributed by atoms with Crippen LogP contribution in [0.2, 0.25) is 0 Å². The van der Waals surface area contributed by atoms with E-state index in [1.165, 1.54) is 4.90 Å². The van der Waals surface area contributed by atoms with Gasteiger partial charge in [0.1, 0.15) is 5.57 Å². The molecule has 23 heavy (non-hydrogen) atoms. The summed E-state index contributed by atoms with van der Waals surface area (Å²) in [4.78, 5) is 27.6. The Morgan fingerprint density at radius 1 is 1.43 bits per heavy atom. The molecule has 2 aliphatic rings. The number of morpholine rings is 1. The van der Waals surface area contributed by atoms with Crippen LogP contribution in [0.1, 0.15) is 27.7 Å². The number of ether oxygens (including phenoxy) is 2. The standard InChI is InChI=1S/C16H26N2O5/c1-5-22-15(21)12-10-17(14(20)13(12)19)8-11-9-18(6-7-23-11)16(2,3)4/h11,19H,5-10H2,1-4H3/t11-/m1/s1. The summed E-state index contributed by atoms with van der Waals surface area (Å²) in [5, 5.41) is 9.87. The quantitative estimate of drug-likeness (QED) is 0.766. The van der Waals surface area contributed by atoms with Gasteiger partial charge in [-0.15, -0.1) is 0 Å². The summed E-state index contributed by atoms with van der Waals surface area (Å²) in [6, 6.07) is 0. The molecule has 0 aromatic rings. The number of carbonyl (C=O) groups is 2. The van der Waals surface area contributed by atoms with E-state index in [0.29, 0.717) is 19.7 Å². The van der Waals surface area contributed by atoms with Crippen LogP contribution in [-0.2, 0) is 19.1 Å². The summed E-state index contributed by atoms with van der Waals surface area (Å²) in [5.41, 5.74) is 0.0633. The Kier molecular flexibility index (Phi) is 5.31. The molecule has 0 aliphatic carbocycles. The van der Waals surface area contributed by atoms with Gasteiger partial charge >= 0.3 is 5.97 Å². The van der Waals surface area contributed by atoms with Crippen LogP contribution in [0.3, 0.4) is 0 Å². The van der Waals surface area contributed by atoms with E-state index in [4.69, 9.17) is 9.47 Å². The SMILES string of the molecule is CCOC(=O)C1=C(O)C(=O)N(C[C@@H]2CN(C(C)(C)C)CCO2)C1. The van der Waals surface area contributed by atoms with Gasteiger partial charge in [0.2, 0.25) is 0 Å². The first kappa shape index (κ1) is 17.7. The number of esters is 1. The number of aliphatic hydroxyl groups is 1. The Bertz CT molecular complexity index is 509. The highest BCUT2D eigenvalue weighted by molar-refractivity contribution is 6.05. The predicted octanol–water partition coefficient (Wildman–Crippen LogP) is 0.703. The second-order valence-electron chi connectivity index (χ2n) is 6.84. The zero-order valence-corrected chi connectivity index (χ0v) is 14.3. The van der Waals surface area contributed by atoms with Crippen LogP contribution >= 0.6 is 0 Å². The van der Waals surface area contributed by atoms with Gasteiger partial charge in [-0.3, -0.25) is 9.69 Å². The minimum atomic E-state index is -0.637. The highest BCUT2D eigenvalue weighted by Gasteiger charge is 2.37. The van der Waals surface area contributed by atoms with Gasteiger partial charge in [0.05, 0.1) is 25.9 Å². The molecule has 2 heterocycles. The topological polar surface area (TPSA) is 79.3 Å². The van der Waals surface area contributed by atoms with Crippen molar-refractivity contribution in [2.45, 2.75) is 39.3 Å². The van der Waals surface area contributed by atoms with Crippen LogP contribution in [-0.4, -0.2) is 77.8 Å². The fraction of sp³-hybridized carbons (Fsp3) is 0.750. The van der Waals surface area contributed by atoms with Crippen LogP contribution in [0.4, 0.5) is 0 Å². The lowest BCUT2D eigenvalue weighted by Crippen LogP contribution is -2.54. The first-order valence-electron chi connectivity index (χ1n) is 7.99. The summed E-state index contributed by atoms with van der Waals surface area (Å²) in [7, 11) is 0. The van der Waals surface area contributed by atoms with Gasteiger partial charge in [-0.25, -0.2) is 4.79 Å². The van der Waals surface area contributed by atoms with Crippen molar-refractivity contribution in [2.24, 2.45) is 0 Å². The smallest absolute Gasteiger partial charge is 0.339 e. The largest absolute Gasteiger partial charge is 0.503 e. The molecule has 0 saturated carbocycles. The molecule has 1 fully saturated rings. The number of aliphatic hydroxyl groups excluding tert-OH is 1. The van der Waals surface area contributed by atoms with Crippen LogP contribution < -0.4 is 0 Å². The molecule has 2 aliphatic heterocycles. The van der Waals surface area contributed by atoms with E-state index in [1.54, 1.807) is 6.92 Å². The molecule has 0 bridgehead atoms. The first-order valence-corrected chi connectivity index (χ1v) is 7.99. The van der Waals surface area contributed by atoms with Gasteiger partial charge in [0.25, 0.3) is 5.91 Å². The van der Waals surface area contributed by atoms with Crippen molar-refractivity contribution in [3.05, 3.63) is 11.3 Å². The average Bonchev–Trinajstić information content (AvgIpc) is 2.75. The molecule has 1 N–H and O–H groups in total. The fourth-order valence-corrected chi connectivity index (χ4v) is 2.83. The number of hydrogen-bond donors (Lipinski definition) is 1. The van der Waals surface area contributed by atoms with E-state index in [-0.39, 0.29) is 30.4 Å². The lowest BCUT2D eigenvalue weighted by atomic mass is 10.0. The van der Waals surface area contributed by atoms with E-state index in [0.717, 1.165) is 6.54 Å². The third kappa shape index (κ3) is 4.03. The Morgan fingerprint density at radius 2 is 2.13 bits per heavy atom. The van der Waals surface area contributed by atoms with Crippen molar-refractivity contribution < 1.29 is 24.2 Å². The molecule has 1 amide bonds. The second-order valence-corrected chi connectivity index (χ2v) is 6.84. The Morgan fingerprint density at radius 3 is 2.74 bits per heavy atom. The lowest BCUT2D eigenvalue weighted by molar-refractivity contribution is -0.138. The molecular weight excluding hydrogens is 300 g/mol. The van der Waals surface area contributed by atoms with Crippen molar-refractivity contribution in [3.8, 4) is 0 Å². The summed E-state index contributed by atoms with van der Waals surface area (Å²) < 4.78 is 10.6. The third-order valence-corrected chi connectivity index (χ3v) is 4.16. The first-order chi connectivity index (χ1) is 10.7. The minimum absolute atomic E-state index is 0.0281. The molecule has 0 unspecified atom stereocenters. The normalized spacial score (nSPS) is 23.6.